The highest BCUT2D eigenvalue weighted by Crippen LogP contribution is 2.28. The Morgan fingerprint density at radius 1 is 1.38 bits per heavy atom. The van der Waals surface area contributed by atoms with Gasteiger partial charge >= 0.3 is 0 Å². The van der Waals surface area contributed by atoms with Crippen molar-refractivity contribution < 1.29 is 8.95 Å². The van der Waals surface area contributed by atoms with Gasteiger partial charge in [0.1, 0.15) is 5.75 Å². The van der Waals surface area contributed by atoms with Crippen LogP contribution in [0.2, 0.25) is 0 Å². The molecule has 0 saturated heterocycles. The topological polar surface area (TPSA) is 64.7 Å². The van der Waals surface area contributed by atoms with Crippen LogP contribution in [0.5, 0.6) is 5.75 Å². The van der Waals surface area contributed by atoms with Crippen LogP contribution in [-0.4, -0.2) is 22.8 Å². The Labute approximate surface area is 97.0 Å². The lowest BCUT2D eigenvalue weighted by molar-refractivity contribution is 0.244. The molecule has 0 fully saturated rings. The van der Waals surface area contributed by atoms with Gasteiger partial charge in [0.05, 0.1) is 17.5 Å². The molecular weight excluding hydrogens is 224 g/mol. The summed E-state index contributed by atoms with van der Waals surface area (Å²) in [5.41, 5.74) is 6.95. The molecule has 16 heavy (non-hydrogen) atoms. The van der Waals surface area contributed by atoms with Crippen molar-refractivity contribution in [3.63, 3.8) is 0 Å². The summed E-state index contributed by atoms with van der Waals surface area (Å²) in [6, 6.07) is 5.15. The fourth-order valence-corrected chi connectivity index (χ4v) is 1.81. The molecule has 1 rings (SSSR count). The van der Waals surface area contributed by atoms with E-state index >= 15 is 0 Å². The summed E-state index contributed by atoms with van der Waals surface area (Å²) in [5, 5.41) is 0. The normalized spacial score (nSPS) is 11.6. The lowest BCUT2D eigenvalue weighted by Crippen LogP contribution is -2.07. The minimum absolute atomic E-state index is 0.0464. The third kappa shape index (κ3) is 4.10. The maximum absolute atomic E-state index is 11.5. The molecule has 0 aliphatic rings. The molecule has 0 heterocycles. The van der Waals surface area contributed by atoms with Crippen molar-refractivity contribution in [1.82, 2.24) is 0 Å². The molecule has 0 aliphatic carbocycles. The van der Waals surface area contributed by atoms with Crippen LogP contribution in [0, 0.1) is 0 Å². The van der Waals surface area contributed by atoms with Crippen molar-refractivity contribution >= 4 is 21.1 Å². The Bertz CT molecular complexity index is 481. The van der Waals surface area contributed by atoms with E-state index in [1.165, 1.54) is 0 Å². The summed E-state index contributed by atoms with van der Waals surface area (Å²) in [6.45, 7) is 3.85. The molecule has 2 N–H and O–H groups in total. The monoisotopic (exact) mass is 242 g/mol. The predicted octanol–water partition coefficient (Wildman–Crippen LogP) is 2.42. The van der Waals surface area contributed by atoms with E-state index < -0.39 is 9.73 Å². The summed E-state index contributed by atoms with van der Waals surface area (Å²) in [5.74, 6) is 0.583. The van der Waals surface area contributed by atoms with Crippen LogP contribution < -0.4 is 10.5 Å². The second kappa shape index (κ2) is 4.74. The van der Waals surface area contributed by atoms with Crippen LogP contribution in [0.3, 0.4) is 0 Å². The molecule has 5 heteroatoms. The lowest BCUT2D eigenvalue weighted by Gasteiger charge is -2.12. The first-order chi connectivity index (χ1) is 7.28. The second-order valence-corrected chi connectivity index (χ2v) is 6.71. The standard InChI is InChI=1S/C11H18N2O2S/c1-8(2)15-11-7-9(5-6-10(11)12)13-16(3,4)14/h5-8H,12H2,1-4H3. The van der Waals surface area contributed by atoms with Gasteiger partial charge < -0.3 is 10.5 Å². The molecule has 1 aromatic rings. The molecule has 0 bridgehead atoms. The Kier molecular flexibility index (Phi) is 3.80. The van der Waals surface area contributed by atoms with Crippen molar-refractivity contribution in [3.05, 3.63) is 18.2 Å². The molecule has 4 nitrogen and oxygen atoms in total. The number of hydrogen-bond donors (Lipinski definition) is 1. The minimum atomic E-state index is -2.16. The van der Waals surface area contributed by atoms with Crippen LogP contribution >= 0.6 is 0 Å². The highest BCUT2D eigenvalue weighted by molar-refractivity contribution is 7.92. The lowest BCUT2D eigenvalue weighted by atomic mass is 10.2. The van der Waals surface area contributed by atoms with Gasteiger partial charge in [-0.15, -0.1) is 0 Å². The van der Waals surface area contributed by atoms with E-state index in [-0.39, 0.29) is 6.10 Å². The highest BCUT2D eigenvalue weighted by atomic mass is 32.2. The number of nitrogens with zero attached hydrogens (tertiary/aromatic N) is 1. The maximum Gasteiger partial charge on any atom is 0.144 e. The minimum Gasteiger partial charge on any atom is -0.489 e. The fraction of sp³-hybridized carbons (Fsp3) is 0.455. The summed E-state index contributed by atoms with van der Waals surface area (Å²) in [7, 11) is -2.16. The smallest absolute Gasteiger partial charge is 0.144 e. The summed E-state index contributed by atoms with van der Waals surface area (Å²) < 4.78 is 21.2. The molecule has 0 unspecified atom stereocenters. The van der Waals surface area contributed by atoms with Crippen LogP contribution in [0.25, 0.3) is 0 Å². The molecule has 0 amide bonds. The van der Waals surface area contributed by atoms with Gasteiger partial charge in [-0.25, -0.2) is 4.21 Å². The van der Waals surface area contributed by atoms with Gasteiger partial charge in [0.2, 0.25) is 0 Å². The number of nitrogens with two attached hydrogens (primary N) is 1. The van der Waals surface area contributed by atoms with Crippen LogP contribution in [0.4, 0.5) is 11.4 Å². The zero-order valence-corrected chi connectivity index (χ0v) is 10.9. The van der Waals surface area contributed by atoms with Crippen molar-refractivity contribution in [2.75, 3.05) is 18.2 Å². The molecule has 0 aromatic heterocycles. The molecule has 0 radical (unpaired) electrons. The Balaban J connectivity index is 3.13. The van der Waals surface area contributed by atoms with Gasteiger partial charge in [-0.3, -0.25) is 0 Å². The van der Waals surface area contributed by atoms with E-state index in [1.807, 2.05) is 13.8 Å². The number of ether oxygens (including phenoxy) is 1. The van der Waals surface area contributed by atoms with Crippen LogP contribution in [0.1, 0.15) is 13.8 Å². The fourth-order valence-electron chi connectivity index (χ4n) is 1.19. The largest absolute Gasteiger partial charge is 0.489 e. The summed E-state index contributed by atoms with van der Waals surface area (Å²) in [4.78, 5) is 0. The molecule has 0 atom stereocenters. The van der Waals surface area contributed by atoms with Crippen LogP contribution in [-0.2, 0) is 9.73 Å². The van der Waals surface area contributed by atoms with Crippen molar-refractivity contribution in [2.24, 2.45) is 4.36 Å². The Morgan fingerprint density at radius 2 is 2.00 bits per heavy atom. The van der Waals surface area contributed by atoms with Gasteiger partial charge in [-0.1, -0.05) is 0 Å². The highest BCUT2D eigenvalue weighted by Gasteiger charge is 2.04. The zero-order chi connectivity index (χ0) is 12.3. The first-order valence-corrected chi connectivity index (χ1v) is 7.34. The molecular formula is C11H18N2O2S. The number of nitrogen functional groups attached to an aromatic ring is 1. The van der Waals surface area contributed by atoms with Gasteiger partial charge in [-0.05, 0) is 26.0 Å². The van der Waals surface area contributed by atoms with E-state index in [0.717, 1.165) is 0 Å². The molecule has 90 valence electrons. The summed E-state index contributed by atoms with van der Waals surface area (Å²) in [6.07, 6.45) is 3.23. The predicted molar refractivity (Wildman–Crippen MR) is 68.7 cm³/mol. The second-order valence-electron chi connectivity index (χ2n) is 4.16. The Hall–Kier alpha value is -1.23. The average molecular weight is 242 g/mol. The first-order valence-electron chi connectivity index (χ1n) is 5.01. The quantitative estimate of drug-likeness (QED) is 0.828. The van der Waals surface area contributed by atoms with E-state index in [0.29, 0.717) is 17.1 Å². The molecule has 1 aromatic carbocycles. The zero-order valence-electron chi connectivity index (χ0n) is 10.1. The van der Waals surface area contributed by atoms with Gasteiger partial charge in [-0.2, -0.15) is 4.36 Å². The van der Waals surface area contributed by atoms with E-state index in [1.54, 1.807) is 30.7 Å². The number of rotatable bonds is 3. The SMILES string of the molecule is CC(C)Oc1cc(N=S(C)(C)=O)ccc1N. The van der Waals surface area contributed by atoms with Crippen LogP contribution in [0.15, 0.2) is 22.6 Å². The third-order valence-corrected chi connectivity index (χ3v) is 2.34. The molecule has 0 aliphatic heterocycles. The van der Waals surface area contributed by atoms with Gasteiger partial charge in [0.25, 0.3) is 0 Å². The first kappa shape index (κ1) is 12.8. The number of benzene rings is 1. The number of anilines is 1. The average Bonchev–Trinajstić information content (AvgIpc) is 2.07. The van der Waals surface area contributed by atoms with Crippen molar-refractivity contribution in [2.45, 2.75) is 20.0 Å². The van der Waals surface area contributed by atoms with E-state index in [9.17, 15) is 4.21 Å². The van der Waals surface area contributed by atoms with Gasteiger partial charge in [0.15, 0.2) is 0 Å². The summed E-state index contributed by atoms with van der Waals surface area (Å²) >= 11 is 0. The van der Waals surface area contributed by atoms with Crippen molar-refractivity contribution in [3.8, 4) is 5.75 Å². The number of hydrogen-bond acceptors (Lipinski definition) is 4. The maximum atomic E-state index is 11.5. The van der Waals surface area contributed by atoms with E-state index in [4.69, 9.17) is 10.5 Å². The van der Waals surface area contributed by atoms with E-state index in [2.05, 4.69) is 4.36 Å². The third-order valence-electron chi connectivity index (χ3n) is 1.69. The molecule has 0 saturated carbocycles. The van der Waals surface area contributed by atoms with Crippen molar-refractivity contribution in [1.29, 1.82) is 0 Å². The molecule has 0 spiro atoms. The Morgan fingerprint density at radius 3 is 2.50 bits per heavy atom. The van der Waals surface area contributed by atoms with Gasteiger partial charge in [0, 0.05) is 28.3 Å².